The predicted octanol–water partition coefficient (Wildman–Crippen LogP) is 3.16. The van der Waals surface area contributed by atoms with Crippen LogP contribution < -0.4 is 9.80 Å². The van der Waals surface area contributed by atoms with E-state index in [1.165, 1.54) is 4.90 Å². The minimum atomic E-state index is -1.30. The van der Waals surface area contributed by atoms with Crippen molar-refractivity contribution in [3.8, 4) is 0 Å². The number of aliphatic carboxylic acids is 1. The molecule has 1 aromatic carbocycles. The molecule has 3 unspecified atom stereocenters. The molecule has 0 aromatic heterocycles. The third-order valence-corrected chi connectivity index (χ3v) is 9.43. The molecule has 1 aromatic rings. The lowest BCUT2D eigenvalue weighted by Gasteiger charge is -2.40. The highest BCUT2D eigenvalue weighted by atomic mass is 16.5. The zero-order chi connectivity index (χ0) is 28.9. The minimum Gasteiger partial charge on any atom is -0.481 e. The zero-order valence-corrected chi connectivity index (χ0v) is 24.0. The van der Waals surface area contributed by atoms with Crippen LogP contribution in [0.25, 0.3) is 0 Å². The van der Waals surface area contributed by atoms with Crippen molar-refractivity contribution < 1.29 is 29.3 Å². The second-order valence-corrected chi connectivity index (χ2v) is 11.7. The first-order chi connectivity index (χ1) is 18.4. The number of rotatable bonds is 11. The van der Waals surface area contributed by atoms with E-state index in [9.17, 15) is 24.6 Å². The molecule has 3 heterocycles. The van der Waals surface area contributed by atoms with Crippen LogP contribution in [0.5, 0.6) is 0 Å². The fraction of sp³-hybridized carbons (Fsp3) is 0.633. The van der Waals surface area contributed by atoms with Crippen LogP contribution in [0.2, 0.25) is 0 Å². The van der Waals surface area contributed by atoms with Crippen molar-refractivity contribution in [2.24, 2.45) is 23.7 Å². The second-order valence-electron chi connectivity index (χ2n) is 11.7. The van der Waals surface area contributed by atoms with Gasteiger partial charge in [0, 0.05) is 31.0 Å². The first kappa shape index (κ1) is 29.1. The SMILES string of the molecule is C=CCN(C(=O)C1N([C@@H](CO)C(C)C)C(=O)[C@@H]2[C@H](C(=O)O)[C@@]3(C)OC12CC3C)c1ccc(N(CC)CC)cc1. The summed E-state index contributed by atoms with van der Waals surface area (Å²) in [4.78, 5) is 46.6. The number of nitrogens with zero attached hydrogens (tertiary/aromatic N) is 3. The summed E-state index contributed by atoms with van der Waals surface area (Å²) < 4.78 is 6.61. The quantitative estimate of drug-likeness (QED) is 0.414. The van der Waals surface area contributed by atoms with Gasteiger partial charge in [0.15, 0.2) is 0 Å². The van der Waals surface area contributed by atoms with Gasteiger partial charge in [-0.05, 0) is 63.3 Å². The summed E-state index contributed by atoms with van der Waals surface area (Å²) >= 11 is 0. The van der Waals surface area contributed by atoms with E-state index in [0.717, 1.165) is 18.8 Å². The summed E-state index contributed by atoms with van der Waals surface area (Å²) in [6, 6.07) is 5.96. The largest absolute Gasteiger partial charge is 0.481 e. The van der Waals surface area contributed by atoms with Gasteiger partial charge in [-0.1, -0.05) is 26.8 Å². The number of carbonyl (C=O) groups excluding carboxylic acids is 2. The number of carboxylic acids is 1. The molecule has 1 spiro atoms. The van der Waals surface area contributed by atoms with Crippen LogP contribution in [0.1, 0.15) is 48.0 Å². The molecule has 3 saturated heterocycles. The highest BCUT2D eigenvalue weighted by Crippen LogP contribution is 2.65. The fourth-order valence-electron chi connectivity index (χ4n) is 7.34. The van der Waals surface area contributed by atoms with Gasteiger partial charge in [0.2, 0.25) is 5.91 Å². The summed E-state index contributed by atoms with van der Waals surface area (Å²) in [6.45, 7) is 17.0. The Bertz CT molecular complexity index is 1120. The molecule has 3 aliphatic rings. The van der Waals surface area contributed by atoms with E-state index in [-0.39, 0.29) is 30.9 Å². The summed E-state index contributed by atoms with van der Waals surface area (Å²) in [5.74, 6) is -4.32. The third-order valence-electron chi connectivity index (χ3n) is 9.43. The molecule has 4 rings (SSSR count). The standard InChI is InChI=1S/C30H43N3O6/c1-8-15-32(21-13-11-20(12-14-21)31(9-2)10-3)27(36)25-30-16-19(6)29(7,39-30)24(28(37)38)23(30)26(35)33(25)22(17-34)18(4)5/h8,11-14,18-19,22-25,34H,1,9-10,15-17H2,2-7H3,(H,37,38)/t19?,22-,23-,24+,25?,29-,30?/m0/s1. The number of hydrogen-bond donors (Lipinski definition) is 2. The molecule has 2 N–H and O–H groups in total. The van der Waals surface area contributed by atoms with Crippen LogP contribution in [0.4, 0.5) is 11.4 Å². The van der Waals surface area contributed by atoms with Gasteiger partial charge in [-0.15, -0.1) is 6.58 Å². The molecule has 39 heavy (non-hydrogen) atoms. The highest BCUT2D eigenvalue weighted by molar-refractivity contribution is 6.05. The Labute approximate surface area is 231 Å². The van der Waals surface area contributed by atoms with Crippen molar-refractivity contribution in [3.05, 3.63) is 36.9 Å². The predicted molar refractivity (Wildman–Crippen MR) is 150 cm³/mol. The lowest BCUT2D eigenvalue weighted by Crippen LogP contribution is -2.60. The Kier molecular flexibility index (Phi) is 7.89. The van der Waals surface area contributed by atoms with Crippen LogP contribution in [-0.4, -0.2) is 82.4 Å². The van der Waals surface area contributed by atoms with Gasteiger partial charge in [-0.3, -0.25) is 14.4 Å². The first-order valence-corrected chi connectivity index (χ1v) is 14.1. The Morgan fingerprint density at radius 2 is 1.79 bits per heavy atom. The van der Waals surface area contributed by atoms with Crippen molar-refractivity contribution in [1.29, 1.82) is 0 Å². The molecule has 0 radical (unpaired) electrons. The van der Waals surface area contributed by atoms with Gasteiger partial charge in [0.05, 0.1) is 24.2 Å². The van der Waals surface area contributed by atoms with Crippen molar-refractivity contribution in [3.63, 3.8) is 0 Å². The van der Waals surface area contributed by atoms with E-state index in [2.05, 4.69) is 25.3 Å². The van der Waals surface area contributed by atoms with E-state index in [1.54, 1.807) is 17.9 Å². The number of aliphatic hydroxyl groups is 1. The molecule has 2 amide bonds. The first-order valence-electron chi connectivity index (χ1n) is 14.1. The molecule has 214 valence electrons. The van der Waals surface area contributed by atoms with Crippen molar-refractivity contribution in [2.45, 2.75) is 71.2 Å². The van der Waals surface area contributed by atoms with E-state index < -0.39 is 47.0 Å². The maximum absolute atomic E-state index is 14.6. The average molecular weight is 542 g/mol. The maximum atomic E-state index is 14.6. The number of ether oxygens (including phenoxy) is 1. The topological polar surface area (TPSA) is 111 Å². The summed E-state index contributed by atoms with van der Waals surface area (Å²) in [5.41, 5.74) is -0.684. The lowest BCUT2D eigenvalue weighted by molar-refractivity contribution is -0.158. The molecular formula is C30H43N3O6. The Morgan fingerprint density at radius 1 is 1.21 bits per heavy atom. The van der Waals surface area contributed by atoms with Crippen LogP contribution in [0.15, 0.2) is 36.9 Å². The van der Waals surface area contributed by atoms with E-state index in [0.29, 0.717) is 12.1 Å². The number of hydrogen-bond acceptors (Lipinski definition) is 6. The number of carbonyl (C=O) groups is 3. The van der Waals surface area contributed by atoms with Crippen LogP contribution >= 0.6 is 0 Å². The third kappa shape index (κ3) is 4.25. The number of fused-ring (bicyclic) bond motifs is 1. The molecule has 3 fully saturated rings. The van der Waals surface area contributed by atoms with Gasteiger partial charge in [0.1, 0.15) is 17.6 Å². The number of amides is 2. The molecule has 2 bridgehead atoms. The Morgan fingerprint density at radius 3 is 2.28 bits per heavy atom. The summed E-state index contributed by atoms with van der Waals surface area (Å²) in [6.07, 6.45) is 2.02. The maximum Gasteiger partial charge on any atom is 0.310 e. The van der Waals surface area contributed by atoms with Gasteiger partial charge in [-0.25, -0.2) is 0 Å². The Balaban J connectivity index is 1.84. The van der Waals surface area contributed by atoms with E-state index in [4.69, 9.17) is 4.74 Å². The number of carboxylic acid groups (broad SMARTS) is 1. The van der Waals surface area contributed by atoms with Crippen LogP contribution in [-0.2, 0) is 19.1 Å². The number of likely N-dealkylation sites (tertiary alicyclic amines) is 1. The zero-order valence-electron chi connectivity index (χ0n) is 24.0. The molecule has 0 saturated carbocycles. The van der Waals surface area contributed by atoms with Gasteiger partial charge >= 0.3 is 5.97 Å². The van der Waals surface area contributed by atoms with Gasteiger partial charge < -0.3 is 29.6 Å². The van der Waals surface area contributed by atoms with Crippen LogP contribution in [0, 0.1) is 23.7 Å². The molecule has 3 aliphatic heterocycles. The lowest BCUT2D eigenvalue weighted by atomic mass is 9.62. The molecular weight excluding hydrogens is 498 g/mol. The van der Waals surface area contributed by atoms with E-state index >= 15 is 0 Å². The van der Waals surface area contributed by atoms with Crippen molar-refractivity contribution in [2.75, 3.05) is 36.0 Å². The van der Waals surface area contributed by atoms with E-state index in [1.807, 2.05) is 45.0 Å². The summed E-state index contributed by atoms with van der Waals surface area (Å²) in [5, 5.41) is 20.6. The second kappa shape index (κ2) is 10.6. The average Bonchev–Trinajstić information content (AvgIpc) is 3.40. The van der Waals surface area contributed by atoms with Crippen LogP contribution in [0.3, 0.4) is 0 Å². The molecule has 7 atom stereocenters. The molecule has 0 aliphatic carbocycles. The number of anilines is 2. The molecule has 9 heteroatoms. The normalized spacial score (nSPS) is 31.9. The Hall–Kier alpha value is -2.91. The van der Waals surface area contributed by atoms with Gasteiger partial charge in [0.25, 0.3) is 5.91 Å². The monoisotopic (exact) mass is 541 g/mol. The summed E-state index contributed by atoms with van der Waals surface area (Å²) in [7, 11) is 0. The number of aliphatic hydroxyl groups excluding tert-OH is 1. The molecule has 9 nitrogen and oxygen atoms in total. The van der Waals surface area contributed by atoms with Gasteiger partial charge in [-0.2, -0.15) is 0 Å². The van der Waals surface area contributed by atoms with Crippen molar-refractivity contribution >= 4 is 29.2 Å². The smallest absolute Gasteiger partial charge is 0.310 e. The minimum absolute atomic E-state index is 0.167. The van der Waals surface area contributed by atoms with Crippen molar-refractivity contribution in [1.82, 2.24) is 4.90 Å². The highest BCUT2D eigenvalue weighted by Gasteiger charge is 2.80. The number of benzene rings is 1. The fourth-order valence-corrected chi connectivity index (χ4v) is 7.34.